The van der Waals surface area contributed by atoms with Gasteiger partial charge in [0, 0.05) is 38.7 Å². The van der Waals surface area contributed by atoms with E-state index in [0.29, 0.717) is 13.2 Å². The van der Waals surface area contributed by atoms with Crippen molar-refractivity contribution in [3.63, 3.8) is 0 Å². The predicted octanol–water partition coefficient (Wildman–Crippen LogP) is 1.79. The zero-order valence-corrected chi connectivity index (χ0v) is 12.3. The van der Waals surface area contributed by atoms with Gasteiger partial charge in [-0.3, -0.25) is 0 Å². The minimum Gasteiger partial charge on any atom is -0.461 e. The molecule has 1 fully saturated rings. The molecule has 0 aromatic carbocycles. The first-order valence-electron chi connectivity index (χ1n) is 7.24. The van der Waals surface area contributed by atoms with Gasteiger partial charge in [-0.25, -0.2) is 9.37 Å². The Morgan fingerprint density at radius 2 is 2.11 bits per heavy atom. The van der Waals surface area contributed by atoms with Gasteiger partial charge in [-0.2, -0.15) is 0 Å². The van der Waals surface area contributed by atoms with Crippen molar-refractivity contribution in [3.8, 4) is 0 Å². The number of rotatable bonds is 4. The summed E-state index contributed by atoms with van der Waals surface area (Å²) >= 11 is 0. The molecule has 0 spiro atoms. The van der Waals surface area contributed by atoms with Crippen molar-refractivity contribution in [2.75, 3.05) is 26.2 Å². The number of hydrogen-bond acceptors (Lipinski definition) is 3. The van der Waals surface area contributed by atoms with Crippen LogP contribution in [0.25, 0.3) is 0 Å². The van der Waals surface area contributed by atoms with Crippen LogP contribution in [-0.2, 0) is 9.53 Å². The first-order chi connectivity index (χ1) is 9.03. The summed E-state index contributed by atoms with van der Waals surface area (Å²) < 4.78 is 7.12. The Balaban J connectivity index is 2.07. The molecule has 0 N–H and O–H groups in total. The fraction of sp³-hybridized carbons (Fsp3) is 0.733. The van der Waals surface area contributed by atoms with Crippen LogP contribution in [-0.4, -0.2) is 53.4 Å². The first kappa shape index (κ1) is 14.1. The van der Waals surface area contributed by atoms with Gasteiger partial charge in [0.1, 0.15) is 0 Å². The van der Waals surface area contributed by atoms with Gasteiger partial charge in [0.05, 0.1) is 13.0 Å². The highest BCUT2D eigenvalue weighted by Crippen LogP contribution is 2.27. The zero-order chi connectivity index (χ0) is 13.9. The van der Waals surface area contributed by atoms with E-state index in [1.165, 1.54) is 31.6 Å². The number of carbonyl (C=O) groups is 1. The molecular formula is C15H25N2O2+. The van der Waals surface area contributed by atoms with Gasteiger partial charge < -0.3 is 9.64 Å². The van der Waals surface area contributed by atoms with Crippen molar-refractivity contribution in [2.45, 2.75) is 45.6 Å². The van der Waals surface area contributed by atoms with E-state index in [4.69, 9.17) is 4.74 Å². The van der Waals surface area contributed by atoms with Crippen molar-refractivity contribution >= 4 is 12.2 Å². The molecular weight excluding hydrogens is 240 g/mol. The Kier molecular flexibility index (Phi) is 4.27. The number of ether oxygens (including phenoxy) is 1. The van der Waals surface area contributed by atoms with E-state index < -0.39 is 0 Å². The second-order valence-electron chi connectivity index (χ2n) is 5.92. The Hall–Kier alpha value is -1.32. The molecule has 2 heterocycles. The maximum absolute atomic E-state index is 11.6. The van der Waals surface area contributed by atoms with E-state index in [2.05, 4.69) is 29.4 Å². The number of esters is 1. The fourth-order valence-electron chi connectivity index (χ4n) is 2.82. The standard InChI is InChI=1S/C15H25N2O2/c1-4-19-14(18)12-17-10-7-13(11-15(17,2)3)16-8-5-6-9-16/h7,10H,4-6,8-9,11-12H2,1-3H3/q+1. The predicted molar refractivity (Wildman–Crippen MR) is 75.4 cm³/mol. The lowest BCUT2D eigenvalue weighted by atomic mass is 9.94. The second kappa shape index (κ2) is 5.76. The van der Waals surface area contributed by atoms with Crippen LogP contribution in [0.15, 0.2) is 11.8 Å². The summed E-state index contributed by atoms with van der Waals surface area (Å²) in [7, 11) is 0. The molecule has 0 amide bonds. The van der Waals surface area contributed by atoms with Gasteiger partial charge in [-0.1, -0.05) is 0 Å². The highest BCUT2D eigenvalue weighted by molar-refractivity contribution is 5.73. The van der Waals surface area contributed by atoms with Crippen molar-refractivity contribution < 1.29 is 14.1 Å². The monoisotopic (exact) mass is 265 g/mol. The van der Waals surface area contributed by atoms with Crippen LogP contribution in [0.1, 0.15) is 40.0 Å². The molecule has 0 aromatic rings. The highest BCUT2D eigenvalue weighted by atomic mass is 16.5. The maximum atomic E-state index is 11.6. The van der Waals surface area contributed by atoms with Crippen molar-refractivity contribution in [3.05, 3.63) is 11.8 Å². The van der Waals surface area contributed by atoms with Crippen molar-refractivity contribution in [1.82, 2.24) is 4.90 Å². The summed E-state index contributed by atoms with van der Waals surface area (Å²) in [5.41, 5.74) is 1.38. The van der Waals surface area contributed by atoms with Crippen LogP contribution < -0.4 is 0 Å². The molecule has 0 saturated carbocycles. The lowest BCUT2D eigenvalue weighted by Crippen LogP contribution is -2.44. The Morgan fingerprint density at radius 1 is 1.42 bits per heavy atom. The minimum absolute atomic E-state index is 0.0283. The number of nitrogens with zero attached hydrogens (tertiary/aromatic N) is 2. The topological polar surface area (TPSA) is 32.6 Å². The molecule has 19 heavy (non-hydrogen) atoms. The third-order valence-corrected chi connectivity index (χ3v) is 3.96. The Bertz CT molecular complexity index is 404. The molecule has 0 bridgehead atoms. The summed E-state index contributed by atoms with van der Waals surface area (Å²) in [6.07, 6.45) is 7.79. The summed E-state index contributed by atoms with van der Waals surface area (Å²) in [5.74, 6) is -0.148. The summed E-state index contributed by atoms with van der Waals surface area (Å²) in [6, 6.07) is 0. The van der Waals surface area contributed by atoms with E-state index in [1.54, 1.807) is 0 Å². The Labute approximate surface area is 115 Å². The third-order valence-electron chi connectivity index (χ3n) is 3.96. The van der Waals surface area contributed by atoms with E-state index in [1.807, 2.05) is 13.1 Å². The molecule has 2 aliphatic heterocycles. The second-order valence-corrected chi connectivity index (χ2v) is 5.92. The Morgan fingerprint density at radius 3 is 2.68 bits per heavy atom. The number of carbonyl (C=O) groups excluding carboxylic acids is 1. The third kappa shape index (κ3) is 3.37. The zero-order valence-electron chi connectivity index (χ0n) is 12.3. The maximum Gasteiger partial charge on any atom is 0.372 e. The van der Waals surface area contributed by atoms with E-state index in [0.717, 1.165) is 6.42 Å². The molecule has 2 aliphatic rings. The van der Waals surface area contributed by atoms with E-state index in [-0.39, 0.29) is 11.5 Å². The molecule has 2 rings (SSSR count). The van der Waals surface area contributed by atoms with Crippen molar-refractivity contribution in [1.29, 1.82) is 0 Å². The number of likely N-dealkylation sites (tertiary alicyclic amines) is 1. The summed E-state index contributed by atoms with van der Waals surface area (Å²) in [5, 5.41) is 0. The van der Waals surface area contributed by atoms with Crippen LogP contribution in [0.2, 0.25) is 0 Å². The molecule has 4 heteroatoms. The average molecular weight is 265 g/mol. The average Bonchev–Trinajstić information content (AvgIpc) is 2.85. The molecule has 0 radical (unpaired) electrons. The summed E-state index contributed by atoms with van der Waals surface area (Å²) in [4.78, 5) is 14.1. The molecule has 4 nitrogen and oxygen atoms in total. The molecule has 106 valence electrons. The molecule has 1 saturated heterocycles. The van der Waals surface area contributed by atoms with Gasteiger partial charge in [0.2, 0.25) is 6.54 Å². The number of hydrogen-bond donors (Lipinski definition) is 0. The quantitative estimate of drug-likeness (QED) is 0.574. The van der Waals surface area contributed by atoms with Crippen molar-refractivity contribution in [2.24, 2.45) is 0 Å². The van der Waals surface area contributed by atoms with Crippen LogP contribution in [0.3, 0.4) is 0 Å². The van der Waals surface area contributed by atoms with Gasteiger partial charge >= 0.3 is 5.97 Å². The van der Waals surface area contributed by atoms with Crippen LogP contribution in [0.5, 0.6) is 0 Å². The van der Waals surface area contributed by atoms with Gasteiger partial charge in [0.25, 0.3) is 0 Å². The first-order valence-corrected chi connectivity index (χ1v) is 7.24. The summed E-state index contributed by atoms with van der Waals surface area (Å²) in [6.45, 7) is 9.35. The van der Waals surface area contributed by atoms with Crippen LogP contribution in [0.4, 0.5) is 0 Å². The lowest BCUT2D eigenvalue weighted by Gasteiger charge is -2.31. The highest BCUT2D eigenvalue weighted by Gasteiger charge is 2.37. The van der Waals surface area contributed by atoms with Gasteiger partial charge in [-0.15, -0.1) is 0 Å². The minimum atomic E-state index is -0.148. The number of allylic oxidation sites excluding steroid dienone is 1. The molecule has 0 unspecified atom stereocenters. The van der Waals surface area contributed by atoms with E-state index >= 15 is 0 Å². The SMILES string of the molecule is CCOC(=O)C[N+]1=CC=C(N2CCCC2)CC1(C)C. The van der Waals surface area contributed by atoms with Gasteiger partial charge in [0.15, 0.2) is 11.8 Å². The van der Waals surface area contributed by atoms with Crippen LogP contribution >= 0.6 is 0 Å². The smallest absolute Gasteiger partial charge is 0.372 e. The van der Waals surface area contributed by atoms with Crippen LogP contribution in [0, 0.1) is 0 Å². The fourth-order valence-corrected chi connectivity index (χ4v) is 2.82. The lowest BCUT2D eigenvalue weighted by molar-refractivity contribution is -0.589. The molecule has 0 aromatic heterocycles. The molecule has 0 aliphatic carbocycles. The molecule has 0 atom stereocenters. The normalized spacial score (nSPS) is 21.9. The van der Waals surface area contributed by atoms with Gasteiger partial charge in [-0.05, 0) is 19.8 Å². The van der Waals surface area contributed by atoms with E-state index in [9.17, 15) is 4.79 Å². The largest absolute Gasteiger partial charge is 0.461 e.